The number of carbonyl (C=O) groups is 2. The molecule has 1 aliphatic rings. The van der Waals surface area contributed by atoms with E-state index >= 15 is 0 Å². The molecule has 0 fully saturated rings. The summed E-state index contributed by atoms with van der Waals surface area (Å²) in [5.74, 6) is 0.0387. The first-order valence-corrected chi connectivity index (χ1v) is 10.3. The monoisotopic (exact) mass is 456 g/mol. The second-order valence-electron chi connectivity index (χ2n) is 7.47. The topological polar surface area (TPSA) is 109 Å². The van der Waals surface area contributed by atoms with Crippen LogP contribution in [0, 0.1) is 0 Å². The third kappa shape index (κ3) is 4.36. The quantitative estimate of drug-likeness (QED) is 0.483. The molecule has 0 saturated carbocycles. The van der Waals surface area contributed by atoms with Gasteiger partial charge in [0.25, 0.3) is 11.8 Å². The predicted molar refractivity (Wildman–Crippen MR) is 130 cm³/mol. The molecule has 2 N–H and O–H groups in total. The number of likely N-dealkylation sites (N-methyl/N-ethyl adjacent to an activating group) is 1. The highest BCUT2D eigenvalue weighted by atomic mass is 16.5. The molecule has 9 nitrogen and oxygen atoms in total. The van der Waals surface area contributed by atoms with Crippen molar-refractivity contribution in [1.82, 2.24) is 20.3 Å². The van der Waals surface area contributed by atoms with Gasteiger partial charge in [0.1, 0.15) is 24.1 Å². The van der Waals surface area contributed by atoms with E-state index in [1.807, 2.05) is 42.5 Å². The number of nitrogens with one attached hydrogen (secondary N) is 2. The van der Waals surface area contributed by atoms with E-state index in [-0.39, 0.29) is 31.6 Å². The largest absolute Gasteiger partial charge is 0.489 e. The number of hydrogen-bond acceptors (Lipinski definition) is 7. The lowest BCUT2D eigenvalue weighted by atomic mass is 10.1. The molecule has 0 radical (unpaired) electrons. The Bertz CT molecular complexity index is 1350. The number of para-hydroxylation sites is 1. The van der Waals surface area contributed by atoms with Crippen LogP contribution in [0.3, 0.4) is 0 Å². The molecule has 9 heteroatoms. The molecular formula is C25H24N6O3. The Morgan fingerprint density at radius 2 is 1.85 bits per heavy atom. The van der Waals surface area contributed by atoms with Gasteiger partial charge in [-0.3, -0.25) is 14.6 Å². The Morgan fingerprint density at radius 1 is 1.03 bits per heavy atom. The molecule has 2 amide bonds. The molecule has 5 rings (SSSR count). The average Bonchev–Trinajstić information content (AvgIpc) is 2.97. The SMILES string of the molecule is C.CN1C(=O)[C@@H](NC(=O)c2ccnc(Nc3ccccc3)n2)COc2ccc3ncccc3c21. The van der Waals surface area contributed by atoms with Gasteiger partial charge in [-0.1, -0.05) is 25.6 Å². The maximum atomic E-state index is 13.2. The number of anilines is 3. The Balaban J connectivity index is 0.00000274. The van der Waals surface area contributed by atoms with Crippen molar-refractivity contribution in [3.05, 3.63) is 78.8 Å². The van der Waals surface area contributed by atoms with Crippen LogP contribution in [-0.4, -0.2) is 46.5 Å². The highest BCUT2D eigenvalue weighted by Gasteiger charge is 2.32. The Morgan fingerprint density at radius 3 is 2.68 bits per heavy atom. The molecule has 0 saturated heterocycles. The maximum absolute atomic E-state index is 13.2. The minimum Gasteiger partial charge on any atom is -0.489 e. The minimum atomic E-state index is -0.887. The molecule has 0 unspecified atom stereocenters. The van der Waals surface area contributed by atoms with Crippen molar-refractivity contribution in [3.63, 3.8) is 0 Å². The lowest BCUT2D eigenvalue weighted by molar-refractivity contribution is -0.120. The summed E-state index contributed by atoms with van der Waals surface area (Å²) in [6.07, 6.45) is 3.18. The molecule has 1 atom stereocenters. The van der Waals surface area contributed by atoms with Crippen LogP contribution >= 0.6 is 0 Å². The molecule has 172 valence electrons. The van der Waals surface area contributed by atoms with Gasteiger partial charge in [-0.25, -0.2) is 9.97 Å². The van der Waals surface area contributed by atoms with E-state index < -0.39 is 11.9 Å². The fraction of sp³-hybridized carbons (Fsp3) is 0.160. The van der Waals surface area contributed by atoms with Gasteiger partial charge in [0.05, 0.1) is 11.2 Å². The molecule has 0 bridgehead atoms. The first kappa shape index (κ1) is 22.7. The van der Waals surface area contributed by atoms with Crippen molar-refractivity contribution in [2.24, 2.45) is 0 Å². The van der Waals surface area contributed by atoms with E-state index in [1.54, 1.807) is 25.4 Å². The number of fused-ring (bicyclic) bond motifs is 3. The van der Waals surface area contributed by atoms with Gasteiger partial charge in [-0.05, 0) is 42.5 Å². The van der Waals surface area contributed by atoms with Crippen molar-refractivity contribution < 1.29 is 14.3 Å². The van der Waals surface area contributed by atoms with Crippen LogP contribution < -0.4 is 20.3 Å². The number of carbonyl (C=O) groups excluding carboxylic acids is 2. The predicted octanol–water partition coefficient (Wildman–Crippen LogP) is 3.56. The summed E-state index contributed by atoms with van der Waals surface area (Å²) in [7, 11) is 1.66. The fourth-order valence-corrected chi connectivity index (χ4v) is 3.70. The Kier molecular flexibility index (Phi) is 6.35. The van der Waals surface area contributed by atoms with Gasteiger partial charge in [0.2, 0.25) is 5.95 Å². The van der Waals surface area contributed by atoms with E-state index in [1.165, 1.54) is 17.2 Å². The molecule has 2 aromatic heterocycles. The molecule has 34 heavy (non-hydrogen) atoms. The lowest BCUT2D eigenvalue weighted by Crippen LogP contribution is -2.49. The highest BCUT2D eigenvalue weighted by molar-refractivity contribution is 6.08. The highest BCUT2D eigenvalue weighted by Crippen LogP contribution is 2.37. The molecule has 4 aromatic rings. The van der Waals surface area contributed by atoms with E-state index in [2.05, 4.69) is 25.6 Å². The second kappa shape index (κ2) is 9.53. The van der Waals surface area contributed by atoms with Crippen LogP contribution in [0.25, 0.3) is 10.9 Å². The van der Waals surface area contributed by atoms with Gasteiger partial charge >= 0.3 is 0 Å². The maximum Gasteiger partial charge on any atom is 0.270 e. The smallest absolute Gasteiger partial charge is 0.270 e. The van der Waals surface area contributed by atoms with Crippen LogP contribution in [0.15, 0.2) is 73.1 Å². The van der Waals surface area contributed by atoms with Crippen molar-refractivity contribution in [3.8, 4) is 5.75 Å². The molecule has 3 heterocycles. The zero-order valence-electron chi connectivity index (χ0n) is 17.7. The molecular weight excluding hydrogens is 432 g/mol. The van der Waals surface area contributed by atoms with E-state index in [4.69, 9.17) is 4.74 Å². The number of aromatic nitrogens is 3. The average molecular weight is 457 g/mol. The number of ether oxygens (including phenoxy) is 1. The van der Waals surface area contributed by atoms with E-state index in [0.717, 1.165) is 16.6 Å². The fourth-order valence-electron chi connectivity index (χ4n) is 3.70. The number of nitrogens with zero attached hydrogens (tertiary/aromatic N) is 4. The third-order valence-electron chi connectivity index (χ3n) is 5.31. The zero-order valence-corrected chi connectivity index (χ0v) is 17.7. The normalized spacial score (nSPS) is 14.9. The van der Waals surface area contributed by atoms with Crippen LogP contribution in [0.2, 0.25) is 0 Å². The number of amides is 2. The summed E-state index contributed by atoms with van der Waals surface area (Å²) in [5.41, 5.74) is 2.30. The first-order valence-electron chi connectivity index (χ1n) is 10.3. The van der Waals surface area contributed by atoms with Crippen LogP contribution in [-0.2, 0) is 4.79 Å². The standard InChI is InChI=1S/C24H20N6O3.CH4/c1-30-21-16-8-5-12-25-17(16)9-10-20(21)33-14-19(23(30)32)28-22(31)18-11-13-26-24(29-18)27-15-6-3-2-4-7-15;/h2-13,19H,14H2,1H3,(H,28,31)(H,26,27,29);1H4/t19-;/m0./s1. The minimum absolute atomic E-state index is 0. The molecule has 0 spiro atoms. The summed E-state index contributed by atoms with van der Waals surface area (Å²) in [6.45, 7) is -0.00606. The zero-order chi connectivity index (χ0) is 22.8. The summed E-state index contributed by atoms with van der Waals surface area (Å²) in [6, 6.07) is 17.3. The number of rotatable bonds is 4. The van der Waals surface area contributed by atoms with Crippen molar-refractivity contribution in [2.75, 3.05) is 23.9 Å². The van der Waals surface area contributed by atoms with Crippen LogP contribution in [0.1, 0.15) is 17.9 Å². The van der Waals surface area contributed by atoms with E-state index in [9.17, 15) is 9.59 Å². The summed E-state index contributed by atoms with van der Waals surface area (Å²) >= 11 is 0. The van der Waals surface area contributed by atoms with Gasteiger partial charge in [0.15, 0.2) is 0 Å². The van der Waals surface area contributed by atoms with Gasteiger partial charge < -0.3 is 20.3 Å². The van der Waals surface area contributed by atoms with Crippen molar-refractivity contribution >= 4 is 40.0 Å². The number of benzene rings is 2. The molecule has 0 aliphatic carbocycles. The van der Waals surface area contributed by atoms with Crippen molar-refractivity contribution in [2.45, 2.75) is 13.5 Å². The Hall–Kier alpha value is -4.53. The lowest BCUT2D eigenvalue weighted by Gasteiger charge is -2.21. The van der Waals surface area contributed by atoms with E-state index in [0.29, 0.717) is 11.4 Å². The van der Waals surface area contributed by atoms with Crippen LogP contribution in [0.5, 0.6) is 5.75 Å². The molecule has 1 aliphatic heterocycles. The summed E-state index contributed by atoms with van der Waals surface area (Å²) in [5, 5.41) is 6.59. The van der Waals surface area contributed by atoms with Gasteiger partial charge in [-0.2, -0.15) is 0 Å². The van der Waals surface area contributed by atoms with Crippen LogP contribution in [0.4, 0.5) is 17.3 Å². The number of hydrogen-bond donors (Lipinski definition) is 2. The second-order valence-corrected chi connectivity index (χ2v) is 7.47. The van der Waals surface area contributed by atoms with Crippen molar-refractivity contribution in [1.29, 1.82) is 0 Å². The Labute approximate surface area is 196 Å². The summed E-state index contributed by atoms with van der Waals surface area (Å²) in [4.78, 5) is 40.4. The molecule has 2 aromatic carbocycles. The number of pyridine rings is 1. The summed E-state index contributed by atoms with van der Waals surface area (Å²) < 4.78 is 5.90. The first-order chi connectivity index (χ1) is 16.1. The third-order valence-corrected chi connectivity index (χ3v) is 5.31. The van der Waals surface area contributed by atoms with Gasteiger partial charge in [-0.15, -0.1) is 0 Å². The van der Waals surface area contributed by atoms with Gasteiger partial charge in [0, 0.05) is 30.5 Å².